The first kappa shape index (κ1) is 20.0. The Morgan fingerprint density at radius 3 is 2.62 bits per heavy atom. The predicted molar refractivity (Wildman–Crippen MR) is 117 cm³/mol. The lowest BCUT2D eigenvalue weighted by Gasteiger charge is -2.17. The molecule has 2 aromatic carbocycles. The van der Waals surface area contributed by atoms with Gasteiger partial charge in [-0.25, -0.2) is 9.97 Å². The van der Waals surface area contributed by atoms with Crippen molar-refractivity contribution >= 4 is 45.6 Å². The molecule has 0 saturated carbocycles. The number of ether oxygens (including phenoxy) is 2. The van der Waals surface area contributed by atoms with Gasteiger partial charge in [-0.15, -0.1) is 0 Å². The molecule has 2 heterocycles. The highest BCUT2D eigenvalue weighted by Crippen LogP contribution is 2.35. The minimum Gasteiger partial charge on any atom is -0.493 e. The van der Waals surface area contributed by atoms with E-state index in [1.54, 1.807) is 19.2 Å². The number of benzene rings is 2. The van der Waals surface area contributed by atoms with Gasteiger partial charge >= 0.3 is 0 Å². The molecular formula is C21H22Cl2N4O2. The van der Waals surface area contributed by atoms with Crippen LogP contribution in [0.15, 0.2) is 36.7 Å². The van der Waals surface area contributed by atoms with Crippen LogP contribution in [0.1, 0.15) is 12.8 Å². The zero-order valence-electron chi connectivity index (χ0n) is 16.1. The molecule has 0 radical (unpaired) electrons. The SMILES string of the molecule is COc1cc2c(Nc3ccc(Cl)c(Cl)c3)ncnc2cc1OCCN1CCCC1. The fraction of sp³-hybridized carbons (Fsp3) is 0.333. The average Bonchev–Trinajstić information content (AvgIpc) is 3.24. The van der Waals surface area contributed by atoms with Crippen molar-refractivity contribution in [1.82, 2.24) is 14.9 Å². The molecule has 1 aliphatic rings. The number of nitrogens with one attached hydrogen (secondary N) is 1. The number of rotatable bonds is 7. The average molecular weight is 433 g/mol. The van der Waals surface area contributed by atoms with Crippen molar-refractivity contribution in [3.8, 4) is 11.5 Å². The second-order valence-electron chi connectivity index (χ2n) is 6.89. The van der Waals surface area contributed by atoms with Gasteiger partial charge in [0, 0.05) is 23.7 Å². The van der Waals surface area contributed by atoms with Crippen molar-refractivity contribution < 1.29 is 9.47 Å². The largest absolute Gasteiger partial charge is 0.493 e. The highest BCUT2D eigenvalue weighted by Gasteiger charge is 2.14. The molecule has 3 aromatic rings. The number of nitrogens with zero attached hydrogens (tertiary/aromatic N) is 3. The molecule has 0 amide bonds. The predicted octanol–water partition coefficient (Wildman–Crippen LogP) is 5.16. The van der Waals surface area contributed by atoms with Gasteiger partial charge in [0.05, 0.1) is 22.7 Å². The van der Waals surface area contributed by atoms with Crippen LogP contribution in [0.2, 0.25) is 10.0 Å². The molecule has 1 N–H and O–H groups in total. The van der Waals surface area contributed by atoms with E-state index >= 15 is 0 Å². The van der Waals surface area contributed by atoms with E-state index in [-0.39, 0.29) is 0 Å². The third-order valence-electron chi connectivity index (χ3n) is 4.97. The monoisotopic (exact) mass is 432 g/mol. The van der Waals surface area contributed by atoms with Crippen molar-refractivity contribution in [3.05, 3.63) is 46.7 Å². The third-order valence-corrected chi connectivity index (χ3v) is 5.71. The van der Waals surface area contributed by atoms with Crippen LogP contribution in [0.3, 0.4) is 0 Å². The molecule has 0 spiro atoms. The fourth-order valence-corrected chi connectivity index (χ4v) is 3.74. The molecule has 152 valence electrons. The van der Waals surface area contributed by atoms with Gasteiger partial charge in [-0.05, 0) is 50.2 Å². The van der Waals surface area contributed by atoms with E-state index in [1.807, 2.05) is 18.2 Å². The molecule has 4 rings (SSSR count). The molecule has 0 aliphatic carbocycles. The zero-order chi connectivity index (χ0) is 20.2. The molecule has 1 saturated heterocycles. The Morgan fingerprint density at radius 1 is 1.03 bits per heavy atom. The van der Waals surface area contributed by atoms with Crippen molar-refractivity contribution in [2.75, 3.05) is 38.7 Å². The quantitative estimate of drug-likeness (QED) is 0.555. The maximum atomic E-state index is 6.12. The van der Waals surface area contributed by atoms with Gasteiger partial charge in [-0.2, -0.15) is 0 Å². The first-order chi connectivity index (χ1) is 14.1. The summed E-state index contributed by atoms with van der Waals surface area (Å²) in [4.78, 5) is 11.2. The highest BCUT2D eigenvalue weighted by molar-refractivity contribution is 6.42. The number of hydrogen-bond acceptors (Lipinski definition) is 6. The summed E-state index contributed by atoms with van der Waals surface area (Å²) >= 11 is 12.1. The standard InChI is InChI=1S/C21H22Cl2N4O2/c1-28-19-11-15-18(12-20(19)29-9-8-27-6-2-3-7-27)24-13-25-21(15)26-14-4-5-16(22)17(23)10-14/h4-5,10-13H,2-3,6-9H2,1H3,(H,24,25,26). The molecule has 6 nitrogen and oxygen atoms in total. The summed E-state index contributed by atoms with van der Waals surface area (Å²) in [6.07, 6.45) is 4.05. The fourth-order valence-electron chi connectivity index (χ4n) is 3.44. The van der Waals surface area contributed by atoms with Crippen LogP contribution in [0.25, 0.3) is 10.9 Å². The van der Waals surface area contributed by atoms with E-state index in [0.29, 0.717) is 34.0 Å². The van der Waals surface area contributed by atoms with Crippen molar-refractivity contribution in [2.24, 2.45) is 0 Å². The number of likely N-dealkylation sites (tertiary alicyclic amines) is 1. The van der Waals surface area contributed by atoms with Crippen LogP contribution in [-0.4, -0.2) is 48.2 Å². The van der Waals surface area contributed by atoms with Gasteiger partial charge in [0.2, 0.25) is 0 Å². The Morgan fingerprint density at radius 2 is 1.86 bits per heavy atom. The van der Waals surface area contributed by atoms with Crippen LogP contribution >= 0.6 is 23.2 Å². The lowest BCUT2D eigenvalue weighted by molar-refractivity contribution is 0.230. The molecule has 1 aliphatic heterocycles. The van der Waals surface area contributed by atoms with Gasteiger partial charge in [-0.1, -0.05) is 23.2 Å². The van der Waals surface area contributed by atoms with Crippen molar-refractivity contribution in [1.29, 1.82) is 0 Å². The van der Waals surface area contributed by atoms with Crippen LogP contribution in [0, 0.1) is 0 Å². The Hall–Kier alpha value is -2.28. The molecule has 0 atom stereocenters. The normalized spacial score (nSPS) is 14.3. The van der Waals surface area contributed by atoms with Gasteiger partial charge < -0.3 is 14.8 Å². The van der Waals surface area contributed by atoms with Gasteiger partial charge in [0.15, 0.2) is 11.5 Å². The molecule has 1 fully saturated rings. The van der Waals surface area contributed by atoms with Gasteiger partial charge in [0.25, 0.3) is 0 Å². The number of aromatic nitrogens is 2. The molecule has 0 bridgehead atoms. The summed E-state index contributed by atoms with van der Waals surface area (Å²) < 4.78 is 11.6. The number of halogens is 2. The number of methoxy groups -OCH3 is 1. The minimum absolute atomic E-state index is 0.473. The van der Waals surface area contributed by atoms with Gasteiger partial charge in [-0.3, -0.25) is 4.90 Å². The third kappa shape index (κ3) is 4.66. The lowest BCUT2D eigenvalue weighted by Crippen LogP contribution is -2.25. The van der Waals surface area contributed by atoms with Crippen LogP contribution in [-0.2, 0) is 0 Å². The van der Waals surface area contributed by atoms with E-state index in [4.69, 9.17) is 32.7 Å². The Kier molecular flexibility index (Phi) is 6.23. The Labute approximate surface area is 179 Å². The van der Waals surface area contributed by atoms with Crippen LogP contribution in [0.5, 0.6) is 11.5 Å². The van der Waals surface area contributed by atoms with E-state index in [1.165, 1.54) is 19.2 Å². The summed E-state index contributed by atoms with van der Waals surface area (Å²) in [6.45, 7) is 3.82. The number of hydrogen-bond donors (Lipinski definition) is 1. The molecule has 29 heavy (non-hydrogen) atoms. The smallest absolute Gasteiger partial charge is 0.163 e. The summed E-state index contributed by atoms with van der Waals surface area (Å²) in [6, 6.07) is 9.11. The maximum Gasteiger partial charge on any atom is 0.163 e. The molecular weight excluding hydrogens is 411 g/mol. The van der Waals surface area contributed by atoms with Crippen molar-refractivity contribution in [2.45, 2.75) is 12.8 Å². The van der Waals surface area contributed by atoms with Crippen molar-refractivity contribution in [3.63, 3.8) is 0 Å². The van der Waals surface area contributed by atoms with Gasteiger partial charge in [0.1, 0.15) is 18.8 Å². The number of anilines is 2. The van der Waals surface area contributed by atoms with E-state index < -0.39 is 0 Å². The molecule has 1 aromatic heterocycles. The summed E-state index contributed by atoms with van der Waals surface area (Å²) in [5, 5.41) is 5.07. The minimum atomic E-state index is 0.473. The summed E-state index contributed by atoms with van der Waals surface area (Å²) in [7, 11) is 1.63. The molecule has 8 heteroatoms. The zero-order valence-corrected chi connectivity index (χ0v) is 17.6. The Bertz CT molecular complexity index is 1010. The highest BCUT2D eigenvalue weighted by atomic mass is 35.5. The van der Waals surface area contributed by atoms with E-state index in [9.17, 15) is 0 Å². The number of fused-ring (bicyclic) bond motifs is 1. The topological polar surface area (TPSA) is 59.5 Å². The Balaban J connectivity index is 1.57. The lowest BCUT2D eigenvalue weighted by atomic mass is 10.2. The van der Waals surface area contributed by atoms with Crippen LogP contribution < -0.4 is 14.8 Å². The molecule has 0 unspecified atom stereocenters. The van der Waals surface area contributed by atoms with E-state index in [0.717, 1.165) is 36.2 Å². The first-order valence-electron chi connectivity index (χ1n) is 9.54. The van der Waals surface area contributed by atoms with Crippen LogP contribution in [0.4, 0.5) is 11.5 Å². The first-order valence-corrected chi connectivity index (χ1v) is 10.3. The second-order valence-corrected chi connectivity index (χ2v) is 7.71. The summed E-state index contributed by atoms with van der Waals surface area (Å²) in [5.74, 6) is 1.97. The maximum absolute atomic E-state index is 6.12. The second kappa shape index (κ2) is 9.03. The summed E-state index contributed by atoms with van der Waals surface area (Å²) in [5.41, 5.74) is 1.55. The van der Waals surface area contributed by atoms with E-state index in [2.05, 4.69) is 20.2 Å².